The Hall–Kier alpha value is -3.42. The Morgan fingerprint density at radius 3 is 2.47 bits per heavy atom. The number of hydrogen-bond acceptors (Lipinski definition) is 7. The van der Waals surface area contributed by atoms with Gasteiger partial charge in [-0.25, -0.2) is 9.97 Å². The van der Waals surface area contributed by atoms with Gasteiger partial charge in [0.25, 0.3) is 0 Å². The van der Waals surface area contributed by atoms with Crippen LogP contribution in [0.3, 0.4) is 0 Å². The molecule has 0 bridgehead atoms. The summed E-state index contributed by atoms with van der Waals surface area (Å²) in [6, 6.07) is 24.7. The lowest BCUT2D eigenvalue weighted by Crippen LogP contribution is -2.04. The summed E-state index contributed by atoms with van der Waals surface area (Å²) in [7, 11) is 1.67. The minimum atomic E-state index is 0.845. The first kappa shape index (κ1) is 20.5. The monoisotopic (exact) mass is 458 g/mol. The van der Waals surface area contributed by atoms with Crippen LogP contribution in [-0.4, -0.2) is 23.6 Å². The molecule has 32 heavy (non-hydrogen) atoms. The van der Waals surface area contributed by atoms with Crippen molar-refractivity contribution in [1.29, 1.82) is 0 Å². The van der Waals surface area contributed by atoms with Gasteiger partial charge in [0.1, 0.15) is 5.75 Å². The van der Waals surface area contributed by atoms with Crippen LogP contribution in [-0.2, 0) is 6.42 Å². The van der Waals surface area contributed by atoms with E-state index < -0.39 is 0 Å². The molecule has 5 aromatic rings. The van der Waals surface area contributed by atoms with Crippen molar-refractivity contribution in [2.24, 2.45) is 0 Å². The zero-order valence-electron chi connectivity index (χ0n) is 17.5. The van der Waals surface area contributed by atoms with Gasteiger partial charge in [-0.1, -0.05) is 35.6 Å². The Balaban J connectivity index is 1.15. The zero-order chi connectivity index (χ0) is 21.8. The average Bonchev–Trinajstić information content (AvgIpc) is 3.47. The number of benzene rings is 3. The van der Waals surface area contributed by atoms with Gasteiger partial charge in [0.15, 0.2) is 10.3 Å². The Labute approximate surface area is 194 Å². The smallest absolute Gasteiger partial charge is 0.187 e. The molecule has 3 aromatic carbocycles. The first-order chi connectivity index (χ1) is 15.8. The number of fused-ring (bicyclic) bond motifs is 1. The molecule has 0 amide bonds. The maximum Gasteiger partial charge on any atom is 0.187 e. The molecule has 0 atom stereocenters. The van der Waals surface area contributed by atoms with Gasteiger partial charge >= 0.3 is 0 Å². The lowest BCUT2D eigenvalue weighted by Gasteiger charge is -2.06. The summed E-state index contributed by atoms with van der Waals surface area (Å²) in [4.78, 5) is 9.33. The SMILES string of the molecule is COc1ccc(-c2csc(Nc3ccc(CCNc4nc5ccccc5s4)cc3)n2)cc1. The quantitative estimate of drug-likeness (QED) is 0.267. The fraction of sp³-hybridized carbons (Fsp3) is 0.120. The highest BCUT2D eigenvalue weighted by Gasteiger charge is 2.06. The van der Waals surface area contributed by atoms with Crippen LogP contribution in [0.4, 0.5) is 16.0 Å². The highest BCUT2D eigenvalue weighted by molar-refractivity contribution is 7.22. The van der Waals surface area contributed by atoms with Gasteiger partial charge in [0.2, 0.25) is 0 Å². The van der Waals surface area contributed by atoms with Gasteiger partial charge in [-0.05, 0) is 60.5 Å². The molecule has 2 N–H and O–H groups in total. The fourth-order valence-electron chi connectivity index (χ4n) is 3.37. The second-order valence-corrected chi connectivity index (χ2v) is 9.14. The van der Waals surface area contributed by atoms with Crippen LogP contribution >= 0.6 is 22.7 Å². The van der Waals surface area contributed by atoms with E-state index in [1.165, 1.54) is 10.3 Å². The van der Waals surface area contributed by atoms with E-state index in [2.05, 4.69) is 51.3 Å². The van der Waals surface area contributed by atoms with Gasteiger partial charge in [0, 0.05) is 23.2 Å². The second-order valence-electron chi connectivity index (χ2n) is 7.25. The summed E-state index contributed by atoms with van der Waals surface area (Å²) in [6.07, 6.45) is 0.940. The summed E-state index contributed by atoms with van der Waals surface area (Å²) in [5.41, 5.74) is 5.39. The molecule has 0 unspecified atom stereocenters. The highest BCUT2D eigenvalue weighted by Crippen LogP contribution is 2.29. The zero-order valence-corrected chi connectivity index (χ0v) is 19.2. The largest absolute Gasteiger partial charge is 0.497 e. The van der Waals surface area contributed by atoms with Crippen LogP contribution in [0.25, 0.3) is 21.5 Å². The summed E-state index contributed by atoms with van der Waals surface area (Å²) in [5.74, 6) is 0.845. The molecule has 160 valence electrons. The minimum Gasteiger partial charge on any atom is -0.497 e. The van der Waals surface area contributed by atoms with Crippen molar-refractivity contribution >= 4 is 48.8 Å². The second kappa shape index (κ2) is 9.38. The molecule has 0 aliphatic rings. The molecule has 7 heteroatoms. The van der Waals surface area contributed by atoms with Crippen LogP contribution in [0.2, 0.25) is 0 Å². The van der Waals surface area contributed by atoms with Crippen molar-refractivity contribution in [3.05, 3.63) is 83.7 Å². The Morgan fingerprint density at radius 2 is 1.69 bits per heavy atom. The molecular formula is C25H22N4OS2. The molecule has 0 aliphatic heterocycles. The number of methoxy groups -OCH3 is 1. The number of hydrogen-bond donors (Lipinski definition) is 2. The molecule has 0 saturated carbocycles. The Kier molecular flexibility index (Phi) is 6.00. The molecule has 2 aromatic heterocycles. The molecule has 0 saturated heterocycles. The number of para-hydroxylation sites is 1. The van der Waals surface area contributed by atoms with Crippen molar-refractivity contribution in [2.45, 2.75) is 6.42 Å². The van der Waals surface area contributed by atoms with Gasteiger partial charge in [-0.15, -0.1) is 11.3 Å². The maximum absolute atomic E-state index is 5.22. The highest BCUT2D eigenvalue weighted by atomic mass is 32.1. The summed E-state index contributed by atoms with van der Waals surface area (Å²) >= 11 is 3.29. The predicted octanol–water partition coefficient (Wildman–Crippen LogP) is 6.83. The van der Waals surface area contributed by atoms with E-state index in [0.29, 0.717) is 0 Å². The third-order valence-electron chi connectivity index (χ3n) is 5.08. The molecule has 0 spiro atoms. The Morgan fingerprint density at radius 1 is 0.875 bits per heavy atom. The van der Waals surface area contributed by atoms with E-state index in [1.807, 2.05) is 42.5 Å². The van der Waals surface area contributed by atoms with Crippen LogP contribution in [0.5, 0.6) is 5.75 Å². The van der Waals surface area contributed by atoms with Gasteiger partial charge in [0.05, 0.1) is 23.0 Å². The summed E-state index contributed by atoms with van der Waals surface area (Å²) < 4.78 is 6.43. The topological polar surface area (TPSA) is 59.1 Å². The van der Waals surface area contributed by atoms with Crippen molar-refractivity contribution < 1.29 is 4.74 Å². The number of thiazole rings is 2. The maximum atomic E-state index is 5.22. The lowest BCUT2D eigenvalue weighted by molar-refractivity contribution is 0.415. The van der Waals surface area contributed by atoms with Gasteiger partial charge in [-0.2, -0.15) is 0 Å². The van der Waals surface area contributed by atoms with Gasteiger partial charge < -0.3 is 15.4 Å². The van der Waals surface area contributed by atoms with Gasteiger partial charge in [-0.3, -0.25) is 0 Å². The van der Waals surface area contributed by atoms with E-state index in [0.717, 1.165) is 51.4 Å². The van der Waals surface area contributed by atoms with Crippen molar-refractivity contribution in [2.75, 3.05) is 24.3 Å². The van der Waals surface area contributed by atoms with Crippen LogP contribution in [0.15, 0.2) is 78.2 Å². The molecular weight excluding hydrogens is 436 g/mol. The minimum absolute atomic E-state index is 0.845. The summed E-state index contributed by atoms with van der Waals surface area (Å²) in [6.45, 7) is 0.851. The normalized spacial score (nSPS) is 10.9. The number of aromatic nitrogens is 2. The first-order valence-electron chi connectivity index (χ1n) is 10.3. The van der Waals surface area contributed by atoms with Crippen LogP contribution < -0.4 is 15.4 Å². The van der Waals surface area contributed by atoms with Crippen molar-refractivity contribution in [1.82, 2.24) is 9.97 Å². The van der Waals surface area contributed by atoms with E-state index >= 15 is 0 Å². The fourth-order valence-corrected chi connectivity index (χ4v) is 5.00. The third-order valence-corrected chi connectivity index (χ3v) is 6.83. The number of ether oxygens (including phenoxy) is 1. The molecule has 5 nitrogen and oxygen atoms in total. The van der Waals surface area contributed by atoms with E-state index in [1.54, 1.807) is 29.8 Å². The molecule has 0 aliphatic carbocycles. The molecule has 0 radical (unpaired) electrons. The third kappa shape index (κ3) is 4.74. The van der Waals surface area contributed by atoms with Crippen molar-refractivity contribution in [3.8, 4) is 17.0 Å². The van der Waals surface area contributed by atoms with Crippen LogP contribution in [0.1, 0.15) is 5.56 Å². The number of nitrogens with zero attached hydrogens (tertiary/aromatic N) is 2. The van der Waals surface area contributed by atoms with Crippen molar-refractivity contribution in [3.63, 3.8) is 0 Å². The Bertz CT molecular complexity index is 1280. The van der Waals surface area contributed by atoms with E-state index in [-0.39, 0.29) is 0 Å². The lowest BCUT2D eigenvalue weighted by atomic mass is 10.1. The van der Waals surface area contributed by atoms with E-state index in [9.17, 15) is 0 Å². The summed E-state index contributed by atoms with van der Waals surface area (Å²) in [5, 5.41) is 10.7. The van der Waals surface area contributed by atoms with Crippen LogP contribution in [0, 0.1) is 0 Å². The molecule has 0 fully saturated rings. The molecule has 5 rings (SSSR count). The first-order valence-corrected chi connectivity index (χ1v) is 12.0. The number of anilines is 3. The number of nitrogens with one attached hydrogen (secondary N) is 2. The van der Waals surface area contributed by atoms with E-state index in [4.69, 9.17) is 9.72 Å². The number of rotatable bonds is 8. The average molecular weight is 459 g/mol. The standard InChI is InChI=1S/C25H22N4OS2/c1-30-20-12-8-18(9-13-20)22-16-31-25(29-22)27-19-10-6-17(7-11-19)14-15-26-24-28-21-4-2-3-5-23(21)32-24/h2-13,16H,14-15H2,1H3,(H,26,28)(H,27,29). The predicted molar refractivity (Wildman–Crippen MR) is 136 cm³/mol. The molecule has 2 heterocycles.